The Balaban J connectivity index is -0.000000605. The van der Waals surface area contributed by atoms with E-state index in [-0.39, 0.29) is 48.0 Å². The summed E-state index contributed by atoms with van der Waals surface area (Å²) in [6.07, 6.45) is 5.58. The van der Waals surface area contributed by atoms with Crippen LogP contribution in [0.2, 0.25) is 0 Å². The highest BCUT2D eigenvalue weighted by atomic mass is 127. The first kappa shape index (κ1) is 21.6. The molecular weight excluding hydrogens is 436 g/mol. The van der Waals surface area contributed by atoms with Gasteiger partial charge in [-0.25, -0.2) is 0 Å². The molecule has 0 bridgehead atoms. The van der Waals surface area contributed by atoms with E-state index < -0.39 is 0 Å². The van der Waals surface area contributed by atoms with E-state index in [1.807, 2.05) is 0 Å². The summed E-state index contributed by atoms with van der Waals surface area (Å²) in [4.78, 5) is 0. The molecule has 0 fully saturated rings. The third-order valence-electron chi connectivity index (χ3n) is 2.35. The molecule has 0 nitrogen and oxygen atoms in total. The Kier molecular flexibility index (Phi) is 23.6. The third kappa shape index (κ3) is 10.8. The van der Waals surface area contributed by atoms with Crippen molar-refractivity contribution in [3.63, 3.8) is 0 Å². The van der Waals surface area contributed by atoms with Crippen molar-refractivity contribution in [1.29, 1.82) is 0 Å². The predicted molar refractivity (Wildman–Crippen MR) is 96.4 cm³/mol. The highest BCUT2D eigenvalue weighted by molar-refractivity contribution is 14.0. The molecule has 4 atom stereocenters. The fourth-order valence-corrected chi connectivity index (χ4v) is 3.83. The summed E-state index contributed by atoms with van der Waals surface area (Å²) in [6, 6.07) is 0. The fraction of sp³-hybridized carbons (Fsp3) is 0.900. The summed E-state index contributed by atoms with van der Waals surface area (Å²) in [6.45, 7) is 11.1. The molecule has 0 saturated heterocycles. The first-order valence-electron chi connectivity index (χ1n) is 4.93. The van der Waals surface area contributed by atoms with E-state index >= 15 is 0 Å². The Morgan fingerprint density at radius 2 is 1.64 bits per heavy atom. The van der Waals surface area contributed by atoms with Gasteiger partial charge in [0.25, 0.3) is 0 Å². The molecule has 4 heteroatoms. The first-order chi connectivity index (χ1) is 5.76. The second kappa shape index (κ2) is 15.3. The summed E-state index contributed by atoms with van der Waals surface area (Å²) < 4.78 is 0. The molecule has 14 heavy (non-hydrogen) atoms. The lowest BCUT2D eigenvalue weighted by Crippen LogP contribution is -2.13. The zero-order valence-corrected chi connectivity index (χ0v) is 16.2. The van der Waals surface area contributed by atoms with Crippen LogP contribution < -0.4 is 0 Å². The molecule has 1 radical (unpaired) electrons. The lowest BCUT2D eigenvalue weighted by atomic mass is 10.1. The molecule has 0 saturated carbocycles. The van der Waals surface area contributed by atoms with Crippen molar-refractivity contribution in [2.45, 2.75) is 43.9 Å². The third-order valence-corrected chi connectivity index (χ3v) is 5.26. The molecule has 0 heterocycles. The SMILES string of the molecule is I.I.[CH2]C(PC)C(CCCCC)PC. The molecule has 89 valence electrons. The van der Waals surface area contributed by atoms with E-state index in [0.717, 1.165) is 28.5 Å². The van der Waals surface area contributed by atoms with E-state index in [9.17, 15) is 0 Å². The minimum atomic E-state index is 0. The van der Waals surface area contributed by atoms with Gasteiger partial charge in [-0.1, -0.05) is 26.2 Å². The number of hydrogen-bond acceptors (Lipinski definition) is 0. The van der Waals surface area contributed by atoms with Gasteiger partial charge in [0.05, 0.1) is 0 Å². The Morgan fingerprint density at radius 1 is 1.07 bits per heavy atom. The summed E-state index contributed by atoms with van der Waals surface area (Å²) in [7, 11) is 2.12. The van der Waals surface area contributed by atoms with Crippen LogP contribution in [-0.2, 0) is 0 Å². The van der Waals surface area contributed by atoms with E-state index in [4.69, 9.17) is 0 Å². The second-order valence-corrected chi connectivity index (χ2v) is 5.92. The molecule has 0 amide bonds. The summed E-state index contributed by atoms with van der Waals surface area (Å²) >= 11 is 0. The Morgan fingerprint density at radius 3 is 2.00 bits per heavy atom. The number of halogens is 2. The van der Waals surface area contributed by atoms with Crippen LogP contribution >= 0.6 is 65.1 Å². The summed E-state index contributed by atoms with van der Waals surface area (Å²) in [5.41, 5.74) is 1.64. The fourth-order valence-electron chi connectivity index (χ4n) is 1.36. The average molecular weight is 461 g/mol. The molecule has 0 spiro atoms. The largest absolute Gasteiger partial charge is 0.121 e. The highest BCUT2D eigenvalue weighted by Gasteiger charge is 2.12. The van der Waals surface area contributed by atoms with Crippen LogP contribution in [0.1, 0.15) is 32.6 Å². The monoisotopic (exact) mass is 461 g/mol. The molecule has 0 aromatic rings. The molecule has 0 aliphatic heterocycles. The van der Waals surface area contributed by atoms with Gasteiger partial charge in [0, 0.05) is 0 Å². The van der Waals surface area contributed by atoms with E-state index in [1.54, 1.807) is 0 Å². The van der Waals surface area contributed by atoms with Gasteiger partial charge in [-0.3, -0.25) is 0 Å². The Bertz CT molecular complexity index is 102. The Labute approximate surface area is 128 Å². The first-order valence-corrected chi connectivity index (χ1v) is 8.09. The molecule has 0 aromatic carbocycles. The van der Waals surface area contributed by atoms with Gasteiger partial charge in [0.2, 0.25) is 0 Å². The van der Waals surface area contributed by atoms with Gasteiger partial charge in [-0.15, -0.1) is 65.1 Å². The van der Waals surface area contributed by atoms with E-state index in [0.29, 0.717) is 0 Å². The molecule has 4 unspecified atom stereocenters. The van der Waals surface area contributed by atoms with Crippen molar-refractivity contribution in [2.24, 2.45) is 0 Å². The van der Waals surface area contributed by atoms with Crippen molar-refractivity contribution in [2.75, 3.05) is 13.3 Å². The van der Waals surface area contributed by atoms with Crippen LogP contribution in [0.5, 0.6) is 0 Å². The lowest BCUT2D eigenvalue weighted by molar-refractivity contribution is 0.648. The van der Waals surface area contributed by atoms with E-state index in [1.165, 1.54) is 25.7 Å². The predicted octanol–water partition coefficient (Wildman–Crippen LogP) is 4.99. The number of hydrogen-bond donors (Lipinski definition) is 0. The number of rotatable bonds is 7. The quantitative estimate of drug-likeness (QED) is 0.285. The molecule has 0 N–H and O–H groups in total. The zero-order chi connectivity index (χ0) is 9.40. The van der Waals surface area contributed by atoms with Crippen LogP contribution in [0.15, 0.2) is 0 Å². The standard InChI is InChI=1S/C10H23P2.2HI/c1-5-6-7-8-10(12-4)9(2)11-3;;/h9-12H,2,5-8H2,1,3-4H3;2*1H. The molecule has 0 aromatic heterocycles. The molecule has 0 aliphatic rings. The maximum Gasteiger partial charge on any atom is -0.0174 e. The van der Waals surface area contributed by atoms with E-state index in [2.05, 4.69) is 27.2 Å². The van der Waals surface area contributed by atoms with Crippen LogP contribution in [0.4, 0.5) is 0 Å². The smallest absolute Gasteiger partial charge is 0.0174 e. The van der Waals surface area contributed by atoms with Crippen molar-refractivity contribution >= 4 is 65.1 Å². The molecule has 0 rings (SSSR count). The average Bonchev–Trinajstić information content (AvgIpc) is 2.11. The van der Waals surface area contributed by atoms with Crippen LogP contribution in [0.3, 0.4) is 0 Å². The minimum Gasteiger partial charge on any atom is -0.121 e. The van der Waals surface area contributed by atoms with Gasteiger partial charge in [-0.2, -0.15) is 0 Å². The van der Waals surface area contributed by atoms with Gasteiger partial charge in [-0.05, 0) is 38.0 Å². The van der Waals surface area contributed by atoms with Gasteiger partial charge in [0.15, 0.2) is 0 Å². The molecule has 0 aliphatic carbocycles. The summed E-state index contributed by atoms with van der Waals surface area (Å²) in [5.74, 6) is 0. The van der Waals surface area contributed by atoms with Crippen LogP contribution in [-0.4, -0.2) is 24.6 Å². The zero-order valence-electron chi connectivity index (χ0n) is 9.51. The van der Waals surface area contributed by atoms with Gasteiger partial charge in [0.1, 0.15) is 0 Å². The van der Waals surface area contributed by atoms with Crippen LogP contribution in [0, 0.1) is 6.92 Å². The highest BCUT2D eigenvalue weighted by Crippen LogP contribution is 2.31. The maximum atomic E-state index is 4.23. The minimum absolute atomic E-state index is 0. The van der Waals surface area contributed by atoms with Crippen molar-refractivity contribution in [3.8, 4) is 0 Å². The van der Waals surface area contributed by atoms with Crippen molar-refractivity contribution in [1.82, 2.24) is 0 Å². The van der Waals surface area contributed by atoms with Gasteiger partial charge < -0.3 is 0 Å². The normalized spacial score (nSPS) is 15.4. The number of unbranched alkanes of at least 4 members (excludes halogenated alkanes) is 2. The maximum absolute atomic E-state index is 4.23. The van der Waals surface area contributed by atoms with Crippen molar-refractivity contribution in [3.05, 3.63) is 6.92 Å². The Hall–Kier alpha value is 2.32. The summed E-state index contributed by atoms with van der Waals surface area (Å²) in [5, 5.41) is 0. The van der Waals surface area contributed by atoms with Gasteiger partial charge >= 0.3 is 0 Å². The van der Waals surface area contributed by atoms with Crippen LogP contribution in [0.25, 0.3) is 0 Å². The van der Waals surface area contributed by atoms with Crippen molar-refractivity contribution < 1.29 is 0 Å². The second-order valence-electron chi connectivity index (χ2n) is 3.29. The topological polar surface area (TPSA) is 0 Å². The molecular formula is C10H25I2P2. The lowest BCUT2D eigenvalue weighted by Gasteiger charge is -2.20.